The van der Waals surface area contributed by atoms with E-state index in [1.54, 1.807) is 4.68 Å². The van der Waals surface area contributed by atoms with Crippen LogP contribution in [0.15, 0.2) is 33.9 Å². The van der Waals surface area contributed by atoms with Crippen LogP contribution in [0.4, 0.5) is 5.69 Å². The highest BCUT2D eigenvalue weighted by Gasteiger charge is 2.21. The molecular formula is C21H27N5O2S. The lowest BCUT2D eigenvalue weighted by atomic mass is 9.87. The number of hydrogen-bond acceptors (Lipinski definition) is 6. The Morgan fingerprint density at radius 2 is 1.83 bits per heavy atom. The van der Waals surface area contributed by atoms with E-state index in [1.165, 1.54) is 17.3 Å². The summed E-state index contributed by atoms with van der Waals surface area (Å²) in [6, 6.07) is 8.10. The number of aryl methyl sites for hydroxylation is 2. The van der Waals surface area contributed by atoms with Crippen LogP contribution < -0.4 is 5.32 Å². The van der Waals surface area contributed by atoms with Gasteiger partial charge >= 0.3 is 0 Å². The van der Waals surface area contributed by atoms with E-state index in [0.717, 1.165) is 22.6 Å². The topological polar surface area (TPSA) is 85.8 Å². The molecule has 3 rings (SSSR count). The van der Waals surface area contributed by atoms with E-state index in [4.69, 9.17) is 4.42 Å². The van der Waals surface area contributed by atoms with Crippen molar-refractivity contribution in [3.05, 3.63) is 41.2 Å². The first-order valence-electron chi connectivity index (χ1n) is 9.48. The first-order valence-corrected chi connectivity index (χ1v) is 10.4. The number of nitrogens with one attached hydrogen (secondary N) is 1. The maximum absolute atomic E-state index is 12.6. The molecule has 0 aliphatic rings. The van der Waals surface area contributed by atoms with Crippen LogP contribution in [0.3, 0.4) is 0 Å². The standard InChI is InChI=1S/C21H27N5O2S/c1-12-17(13(2)26(7)25-12)22-18(27)14(3)29-20-24-23-19(28-20)15-8-10-16(11-9-15)21(4,5)6/h8-11,14H,1-7H3,(H,22,27). The second-order valence-corrected chi connectivity index (χ2v) is 9.41. The molecule has 3 aromatic rings. The van der Waals surface area contributed by atoms with E-state index in [2.05, 4.69) is 53.5 Å². The number of benzene rings is 1. The van der Waals surface area contributed by atoms with Crippen molar-refractivity contribution < 1.29 is 9.21 Å². The molecule has 0 saturated carbocycles. The second kappa shape index (κ2) is 8.02. The Bertz CT molecular complexity index is 1010. The molecule has 1 N–H and O–H groups in total. The van der Waals surface area contributed by atoms with Crippen molar-refractivity contribution in [3.8, 4) is 11.5 Å². The molecule has 7 nitrogen and oxygen atoms in total. The van der Waals surface area contributed by atoms with E-state index in [-0.39, 0.29) is 11.3 Å². The second-order valence-electron chi connectivity index (χ2n) is 8.12. The zero-order chi connectivity index (χ0) is 21.3. The van der Waals surface area contributed by atoms with Gasteiger partial charge in [0.25, 0.3) is 5.22 Å². The highest BCUT2D eigenvalue weighted by molar-refractivity contribution is 8.00. The number of amides is 1. The van der Waals surface area contributed by atoms with Crippen LogP contribution in [-0.2, 0) is 17.3 Å². The largest absolute Gasteiger partial charge is 0.411 e. The lowest BCUT2D eigenvalue weighted by Gasteiger charge is -2.18. The van der Waals surface area contributed by atoms with E-state index in [9.17, 15) is 4.79 Å². The van der Waals surface area contributed by atoms with Gasteiger partial charge in [0.1, 0.15) is 0 Å². The Morgan fingerprint density at radius 1 is 1.17 bits per heavy atom. The van der Waals surface area contributed by atoms with E-state index in [1.807, 2.05) is 40.0 Å². The summed E-state index contributed by atoms with van der Waals surface area (Å²) in [5.74, 6) is 0.308. The number of nitrogens with zero attached hydrogens (tertiary/aromatic N) is 4. The Kier molecular flexibility index (Phi) is 5.84. The Morgan fingerprint density at radius 3 is 2.38 bits per heavy atom. The van der Waals surface area contributed by atoms with Gasteiger partial charge in [-0.25, -0.2) is 0 Å². The van der Waals surface area contributed by atoms with E-state index in [0.29, 0.717) is 11.1 Å². The fourth-order valence-corrected chi connectivity index (χ4v) is 3.55. The smallest absolute Gasteiger partial charge is 0.277 e. The average Bonchev–Trinajstić information content (AvgIpc) is 3.21. The van der Waals surface area contributed by atoms with Crippen molar-refractivity contribution in [2.45, 2.75) is 57.4 Å². The quantitative estimate of drug-likeness (QED) is 0.620. The Balaban J connectivity index is 1.67. The van der Waals surface area contributed by atoms with Gasteiger partial charge in [0.15, 0.2) is 0 Å². The van der Waals surface area contributed by atoms with Crippen LogP contribution in [0.5, 0.6) is 0 Å². The summed E-state index contributed by atoms with van der Waals surface area (Å²) in [6.07, 6.45) is 0. The fraction of sp³-hybridized carbons (Fsp3) is 0.429. The number of rotatable bonds is 5. The molecule has 8 heteroatoms. The molecule has 1 unspecified atom stereocenters. The van der Waals surface area contributed by atoms with Crippen LogP contribution in [0.1, 0.15) is 44.6 Å². The molecule has 154 valence electrons. The zero-order valence-electron chi connectivity index (χ0n) is 17.9. The van der Waals surface area contributed by atoms with Crippen LogP contribution in [0.25, 0.3) is 11.5 Å². The Hall–Kier alpha value is -2.61. The van der Waals surface area contributed by atoms with E-state index >= 15 is 0 Å². The summed E-state index contributed by atoms with van der Waals surface area (Å²) >= 11 is 1.23. The molecule has 1 aromatic carbocycles. The van der Waals surface area contributed by atoms with Crippen molar-refractivity contribution >= 4 is 23.4 Å². The summed E-state index contributed by atoms with van der Waals surface area (Å²) in [5, 5.41) is 15.4. The SMILES string of the molecule is Cc1nn(C)c(C)c1NC(=O)C(C)Sc1nnc(-c2ccc(C(C)(C)C)cc2)o1. The van der Waals surface area contributed by atoms with Crippen LogP contribution >= 0.6 is 11.8 Å². The lowest BCUT2D eigenvalue weighted by molar-refractivity contribution is -0.115. The maximum atomic E-state index is 12.6. The van der Waals surface area contributed by atoms with Gasteiger partial charge in [-0.05, 0) is 43.9 Å². The lowest BCUT2D eigenvalue weighted by Crippen LogP contribution is -2.23. The van der Waals surface area contributed by atoms with Crippen LogP contribution in [0, 0.1) is 13.8 Å². The molecule has 2 heterocycles. The van der Waals surface area contributed by atoms with Gasteiger partial charge in [-0.1, -0.05) is 44.7 Å². The minimum Gasteiger partial charge on any atom is -0.411 e. The summed E-state index contributed by atoms with van der Waals surface area (Å²) in [6.45, 7) is 12.1. The third kappa shape index (κ3) is 4.70. The predicted octanol–water partition coefficient (Wildman–Crippen LogP) is 4.50. The fourth-order valence-electron chi connectivity index (χ4n) is 2.87. The minimum atomic E-state index is -0.398. The first kappa shape index (κ1) is 21.1. The third-order valence-corrected chi connectivity index (χ3v) is 5.74. The van der Waals surface area contributed by atoms with Crippen molar-refractivity contribution in [1.29, 1.82) is 0 Å². The minimum absolute atomic E-state index is 0.0855. The molecule has 1 atom stereocenters. The number of thioether (sulfide) groups is 1. The van der Waals surface area contributed by atoms with Gasteiger partial charge < -0.3 is 9.73 Å². The van der Waals surface area contributed by atoms with Crippen LogP contribution in [0.2, 0.25) is 0 Å². The molecule has 0 aliphatic carbocycles. The molecule has 29 heavy (non-hydrogen) atoms. The zero-order valence-corrected chi connectivity index (χ0v) is 18.7. The molecule has 1 amide bonds. The van der Waals surface area contributed by atoms with Gasteiger partial charge in [-0.3, -0.25) is 9.48 Å². The maximum Gasteiger partial charge on any atom is 0.277 e. The predicted molar refractivity (Wildman–Crippen MR) is 115 cm³/mol. The van der Waals surface area contributed by atoms with Crippen LogP contribution in [-0.4, -0.2) is 31.1 Å². The molecule has 0 saturated heterocycles. The summed E-state index contributed by atoms with van der Waals surface area (Å²) < 4.78 is 7.51. The molecule has 0 radical (unpaired) electrons. The average molecular weight is 414 g/mol. The van der Waals surface area contributed by atoms with Crippen molar-refractivity contribution in [2.75, 3.05) is 5.32 Å². The van der Waals surface area contributed by atoms with Gasteiger partial charge in [-0.15, -0.1) is 10.2 Å². The third-order valence-electron chi connectivity index (χ3n) is 4.81. The highest BCUT2D eigenvalue weighted by atomic mass is 32.2. The number of aromatic nitrogens is 4. The van der Waals surface area contributed by atoms with Gasteiger partial charge in [0.05, 0.1) is 22.3 Å². The summed E-state index contributed by atoms with van der Waals surface area (Å²) in [5.41, 5.74) is 4.62. The summed E-state index contributed by atoms with van der Waals surface area (Å²) in [4.78, 5) is 12.6. The number of carbonyl (C=O) groups excluding carboxylic acids is 1. The van der Waals surface area contributed by atoms with Gasteiger partial charge in [-0.2, -0.15) is 5.10 Å². The molecule has 0 bridgehead atoms. The number of anilines is 1. The number of carbonyl (C=O) groups is 1. The Labute approximate surface area is 175 Å². The van der Waals surface area contributed by atoms with Gasteiger partial charge in [0, 0.05) is 12.6 Å². The van der Waals surface area contributed by atoms with Crippen molar-refractivity contribution in [3.63, 3.8) is 0 Å². The van der Waals surface area contributed by atoms with Gasteiger partial charge in [0.2, 0.25) is 11.8 Å². The summed E-state index contributed by atoms with van der Waals surface area (Å²) in [7, 11) is 1.85. The highest BCUT2D eigenvalue weighted by Crippen LogP contribution is 2.29. The molecular weight excluding hydrogens is 386 g/mol. The van der Waals surface area contributed by atoms with E-state index < -0.39 is 5.25 Å². The monoisotopic (exact) mass is 413 g/mol. The molecule has 2 aromatic heterocycles. The molecule has 0 aliphatic heterocycles. The molecule has 0 spiro atoms. The van der Waals surface area contributed by atoms with Crippen molar-refractivity contribution in [2.24, 2.45) is 7.05 Å². The molecule has 0 fully saturated rings. The number of hydrogen-bond donors (Lipinski definition) is 1. The normalized spacial score (nSPS) is 12.8. The van der Waals surface area contributed by atoms with Crippen molar-refractivity contribution in [1.82, 2.24) is 20.0 Å². The first-order chi connectivity index (χ1) is 13.6.